The van der Waals surface area contributed by atoms with Gasteiger partial charge in [-0.2, -0.15) is 0 Å². The minimum Gasteiger partial charge on any atom is -0.481 e. The van der Waals surface area contributed by atoms with Crippen molar-refractivity contribution in [2.75, 3.05) is 6.61 Å². The van der Waals surface area contributed by atoms with E-state index in [0.29, 0.717) is 18.4 Å². The van der Waals surface area contributed by atoms with E-state index in [1.54, 1.807) is 6.20 Å². The Bertz CT molecular complexity index is 749. The van der Waals surface area contributed by atoms with Crippen molar-refractivity contribution in [3.05, 3.63) is 36.0 Å². The Kier molecular flexibility index (Phi) is 5.08. The average molecular weight is 326 g/mol. The van der Waals surface area contributed by atoms with Crippen LogP contribution in [-0.2, 0) is 4.79 Å². The third-order valence-corrected chi connectivity index (χ3v) is 4.55. The summed E-state index contributed by atoms with van der Waals surface area (Å²) in [5.41, 5.74) is 2.69. The van der Waals surface area contributed by atoms with Gasteiger partial charge in [0, 0.05) is 17.8 Å². The van der Waals surface area contributed by atoms with E-state index in [2.05, 4.69) is 22.1 Å². The number of hydrogen-bond acceptors (Lipinski definition) is 4. The molecule has 2 aromatic heterocycles. The molecule has 1 fully saturated rings. The molecule has 0 aromatic carbocycles. The molecular formula is C19H22N2O3. The first-order chi connectivity index (χ1) is 11.7. The Morgan fingerprint density at radius 2 is 2.08 bits per heavy atom. The number of carboxylic acids is 1. The van der Waals surface area contributed by atoms with Crippen LogP contribution in [0.3, 0.4) is 0 Å². The standard InChI is InChI=1S/C19H22N2O3/c1-2-24-17-10-9-16-18(21-17)14(11-12-20-16)6-3-13-4-7-15(8-5-13)19(22)23/h3,6,9-13,15H,2,4-5,7-8H2,1H3,(H,22,23). The zero-order valence-corrected chi connectivity index (χ0v) is 13.8. The molecule has 0 amide bonds. The molecule has 0 radical (unpaired) electrons. The molecule has 2 aromatic rings. The van der Waals surface area contributed by atoms with E-state index in [4.69, 9.17) is 9.84 Å². The maximum atomic E-state index is 11.0. The van der Waals surface area contributed by atoms with Crippen molar-refractivity contribution >= 4 is 23.1 Å². The fourth-order valence-corrected chi connectivity index (χ4v) is 3.19. The lowest BCUT2D eigenvalue weighted by atomic mass is 9.82. The van der Waals surface area contributed by atoms with Crippen LogP contribution in [-0.4, -0.2) is 27.7 Å². The first kappa shape index (κ1) is 16.4. The summed E-state index contributed by atoms with van der Waals surface area (Å²) in [6.07, 6.45) is 9.41. The molecule has 24 heavy (non-hydrogen) atoms. The number of fused-ring (bicyclic) bond motifs is 1. The number of carboxylic acid groups (broad SMARTS) is 1. The number of ether oxygens (including phenoxy) is 1. The predicted octanol–water partition coefficient (Wildman–Crippen LogP) is 3.93. The molecule has 3 rings (SSSR count). The van der Waals surface area contributed by atoms with Crippen LogP contribution in [0, 0.1) is 11.8 Å². The molecular weight excluding hydrogens is 304 g/mol. The highest BCUT2D eigenvalue weighted by Crippen LogP contribution is 2.30. The van der Waals surface area contributed by atoms with Gasteiger partial charge in [0.15, 0.2) is 0 Å². The number of hydrogen-bond donors (Lipinski definition) is 1. The van der Waals surface area contributed by atoms with Crippen molar-refractivity contribution in [3.63, 3.8) is 0 Å². The van der Waals surface area contributed by atoms with E-state index in [-0.39, 0.29) is 5.92 Å². The van der Waals surface area contributed by atoms with Gasteiger partial charge < -0.3 is 9.84 Å². The maximum absolute atomic E-state index is 11.0. The van der Waals surface area contributed by atoms with Crippen LogP contribution in [0.25, 0.3) is 17.1 Å². The molecule has 1 aliphatic carbocycles. The van der Waals surface area contributed by atoms with Crippen molar-refractivity contribution in [2.45, 2.75) is 32.6 Å². The highest BCUT2D eigenvalue weighted by molar-refractivity contribution is 5.84. The lowest BCUT2D eigenvalue weighted by molar-refractivity contribution is -0.142. The molecule has 0 bridgehead atoms. The molecule has 126 valence electrons. The Balaban J connectivity index is 1.77. The van der Waals surface area contributed by atoms with E-state index in [1.165, 1.54) is 0 Å². The molecule has 1 saturated carbocycles. The molecule has 1 aliphatic rings. The second-order valence-corrected chi connectivity index (χ2v) is 6.16. The van der Waals surface area contributed by atoms with Crippen LogP contribution in [0.2, 0.25) is 0 Å². The Labute approximate surface area is 141 Å². The van der Waals surface area contributed by atoms with E-state index in [9.17, 15) is 4.79 Å². The zero-order chi connectivity index (χ0) is 16.9. The maximum Gasteiger partial charge on any atom is 0.306 e. The van der Waals surface area contributed by atoms with Crippen molar-refractivity contribution in [1.29, 1.82) is 0 Å². The van der Waals surface area contributed by atoms with Gasteiger partial charge in [0.25, 0.3) is 0 Å². The van der Waals surface area contributed by atoms with Gasteiger partial charge in [0.2, 0.25) is 5.88 Å². The van der Waals surface area contributed by atoms with Crippen LogP contribution >= 0.6 is 0 Å². The summed E-state index contributed by atoms with van der Waals surface area (Å²) >= 11 is 0. The summed E-state index contributed by atoms with van der Waals surface area (Å²) in [6.45, 7) is 2.51. The van der Waals surface area contributed by atoms with Crippen LogP contribution in [0.1, 0.15) is 38.2 Å². The molecule has 0 spiro atoms. The van der Waals surface area contributed by atoms with Gasteiger partial charge in [0.05, 0.1) is 23.6 Å². The number of carbonyl (C=O) groups is 1. The van der Waals surface area contributed by atoms with Gasteiger partial charge in [-0.25, -0.2) is 4.98 Å². The Morgan fingerprint density at radius 3 is 2.79 bits per heavy atom. The minimum atomic E-state index is -0.662. The highest BCUT2D eigenvalue weighted by atomic mass is 16.5. The smallest absolute Gasteiger partial charge is 0.306 e. The van der Waals surface area contributed by atoms with Gasteiger partial charge in [0.1, 0.15) is 0 Å². The molecule has 5 heteroatoms. The van der Waals surface area contributed by atoms with Crippen LogP contribution in [0.4, 0.5) is 0 Å². The summed E-state index contributed by atoms with van der Waals surface area (Å²) in [7, 11) is 0. The molecule has 5 nitrogen and oxygen atoms in total. The predicted molar refractivity (Wildman–Crippen MR) is 92.8 cm³/mol. The molecule has 0 aliphatic heterocycles. The van der Waals surface area contributed by atoms with Crippen molar-refractivity contribution in [2.24, 2.45) is 11.8 Å². The van der Waals surface area contributed by atoms with Crippen molar-refractivity contribution in [3.8, 4) is 5.88 Å². The summed E-state index contributed by atoms with van der Waals surface area (Å²) in [4.78, 5) is 19.9. The van der Waals surface area contributed by atoms with Gasteiger partial charge >= 0.3 is 5.97 Å². The minimum absolute atomic E-state index is 0.174. The van der Waals surface area contributed by atoms with Crippen LogP contribution in [0.5, 0.6) is 5.88 Å². The van der Waals surface area contributed by atoms with Gasteiger partial charge in [-0.3, -0.25) is 9.78 Å². The van der Waals surface area contributed by atoms with Crippen molar-refractivity contribution in [1.82, 2.24) is 9.97 Å². The number of rotatable bonds is 5. The normalized spacial score (nSPS) is 21.2. The van der Waals surface area contributed by atoms with E-state index in [1.807, 2.05) is 25.1 Å². The second kappa shape index (κ2) is 7.43. The number of aromatic nitrogens is 2. The third-order valence-electron chi connectivity index (χ3n) is 4.55. The molecule has 0 atom stereocenters. The molecule has 0 unspecified atom stereocenters. The molecule has 2 heterocycles. The molecule has 1 N–H and O–H groups in total. The quantitative estimate of drug-likeness (QED) is 0.901. The lowest BCUT2D eigenvalue weighted by Gasteiger charge is -2.23. The number of allylic oxidation sites excluding steroid dienone is 1. The summed E-state index contributed by atoms with van der Waals surface area (Å²) < 4.78 is 5.48. The first-order valence-corrected chi connectivity index (χ1v) is 8.47. The summed E-state index contributed by atoms with van der Waals surface area (Å²) in [5, 5.41) is 9.08. The van der Waals surface area contributed by atoms with E-state index in [0.717, 1.165) is 42.3 Å². The number of nitrogens with zero attached hydrogens (tertiary/aromatic N) is 2. The average Bonchev–Trinajstić information content (AvgIpc) is 2.60. The Hall–Kier alpha value is -2.43. The zero-order valence-electron chi connectivity index (χ0n) is 13.8. The number of aliphatic carboxylic acids is 1. The van der Waals surface area contributed by atoms with Crippen LogP contribution in [0.15, 0.2) is 30.5 Å². The summed E-state index contributed by atoms with van der Waals surface area (Å²) in [5.74, 6) is 0.200. The largest absolute Gasteiger partial charge is 0.481 e. The third kappa shape index (κ3) is 3.72. The monoisotopic (exact) mass is 326 g/mol. The first-order valence-electron chi connectivity index (χ1n) is 8.47. The van der Waals surface area contributed by atoms with Crippen molar-refractivity contribution < 1.29 is 14.6 Å². The fraction of sp³-hybridized carbons (Fsp3) is 0.421. The second-order valence-electron chi connectivity index (χ2n) is 6.16. The fourth-order valence-electron chi connectivity index (χ4n) is 3.19. The van der Waals surface area contributed by atoms with Gasteiger partial charge in [-0.05, 0) is 50.7 Å². The van der Waals surface area contributed by atoms with Gasteiger partial charge in [-0.15, -0.1) is 0 Å². The summed E-state index contributed by atoms with van der Waals surface area (Å²) in [6, 6.07) is 5.70. The van der Waals surface area contributed by atoms with Gasteiger partial charge in [-0.1, -0.05) is 12.2 Å². The topological polar surface area (TPSA) is 72.3 Å². The molecule has 0 saturated heterocycles. The van der Waals surface area contributed by atoms with Crippen LogP contribution < -0.4 is 4.74 Å². The highest BCUT2D eigenvalue weighted by Gasteiger charge is 2.24. The number of pyridine rings is 2. The van der Waals surface area contributed by atoms with E-state index < -0.39 is 5.97 Å². The Morgan fingerprint density at radius 1 is 1.29 bits per heavy atom. The lowest BCUT2D eigenvalue weighted by Crippen LogP contribution is -2.20. The SMILES string of the molecule is CCOc1ccc2nccc(C=CC3CCC(C(=O)O)CC3)c2n1. The van der Waals surface area contributed by atoms with E-state index >= 15 is 0 Å².